The van der Waals surface area contributed by atoms with Gasteiger partial charge in [-0.1, -0.05) is 30.3 Å². The summed E-state index contributed by atoms with van der Waals surface area (Å²) in [6.07, 6.45) is 5.22. The first-order chi connectivity index (χ1) is 17.3. The number of nitrogens with zero attached hydrogens (tertiary/aromatic N) is 3. The summed E-state index contributed by atoms with van der Waals surface area (Å²) in [7, 11) is 0. The van der Waals surface area contributed by atoms with Gasteiger partial charge in [-0.3, -0.25) is 14.3 Å². The van der Waals surface area contributed by atoms with Crippen molar-refractivity contribution in [3.05, 3.63) is 115 Å². The van der Waals surface area contributed by atoms with Crippen LogP contribution in [0, 0.1) is 0 Å². The van der Waals surface area contributed by atoms with Gasteiger partial charge in [0.15, 0.2) is 0 Å². The van der Waals surface area contributed by atoms with Crippen LogP contribution < -0.4 is 10.1 Å². The average Bonchev–Trinajstić information content (AvgIpc) is 3.34. The van der Waals surface area contributed by atoms with Crippen LogP contribution in [0.5, 0.6) is 5.75 Å². The molecule has 0 fully saturated rings. The Bertz CT molecular complexity index is 1420. The molecule has 0 radical (unpaired) electrons. The second-order valence-corrected chi connectivity index (χ2v) is 9.04. The van der Waals surface area contributed by atoms with Crippen molar-refractivity contribution in [2.24, 2.45) is 0 Å². The Balaban J connectivity index is 1.24. The summed E-state index contributed by atoms with van der Waals surface area (Å²) < 4.78 is 7.98. The molecule has 2 heterocycles. The predicted molar refractivity (Wildman–Crippen MR) is 139 cm³/mol. The number of imidazole rings is 1. The van der Waals surface area contributed by atoms with Gasteiger partial charge in [0.2, 0.25) is 0 Å². The number of carbonyl (C=O) groups is 1. The first-order valence-electron chi connectivity index (χ1n) is 11.3. The van der Waals surface area contributed by atoms with E-state index in [9.17, 15) is 4.79 Å². The zero-order chi connectivity index (χ0) is 23.9. The maximum Gasteiger partial charge on any atom is 0.251 e. The molecule has 174 valence electrons. The number of rotatable bonds is 9. The molecule has 0 aliphatic heterocycles. The number of hydrogen-bond acceptors (Lipinski definition) is 5. The van der Waals surface area contributed by atoms with Crippen molar-refractivity contribution in [2.75, 3.05) is 12.4 Å². The smallest absolute Gasteiger partial charge is 0.251 e. The minimum absolute atomic E-state index is 0.144. The number of fused-ring (bicyclic) bond motifs is 1. The first-order valence-corrected chi connectivity index (χ1v) is 12.3. The number of benzene rings is 3. The summed E-state index contributed by atoms with van der Waals surface area (Å²) in [4.78, 5) is 22.4. The van der Waals surface area contributed by atoms with Gasteiger partial charge in [0, 0.05) is 41.2 Å². The van der Waals surface area contributed by atoms with Crippen LogP contribution in [0.4, 0.5) is 0 Å². The standard InChI is InChI=1S/C28H24N4O2S/c33-28(30-19-21-6-5-13-29-18-21)22-11-12-27-26(16-22)31-20-32(27)23-7-4-8-24(17-23)34-14-15-35-25-9-2-1-3-10-25/h1-13,16-18,20H,14-15,19H2,(H,30,33). The summed E-state index contributed by atoms with van der Waals surface area (Å²) in [5, 5.41) is 2.93. The lowest BCUT2D eigenvalue weighted by atomic mass is 10.1. The fraction of sp³-hybridized carbons (Fsp3) is 0.107. The fourth-order valence-corrected chi connectivity index (χ4v) is 4.46. The van der Waals surface area contributed by atoms with E-state index in [0.717, 1.165) is 33.8 Å². The molecule has 0 saturated carbocycles. The maximum absolute atomic E-state index is 12.6. The summed E-state index contributed by atoms with van der Waals surface area (Å²) in [5.74, 6) is 1.53. The lowest BCUT2D eigenvalue weighted by Gasteiger charge is -2.10. The van der Waals surface area contributed by atoms with Crippen molar-refractivity contribution in [1.29, 1.82) is 0 Å². The Kier molecular flexibility index (Phi) is 7.05. The van der Waals surface area contributed by atoms with Crippen LogP contribution in [-0.4, -0.2) is 32.8 Å². The van der Waals surface area contributed by atoms with Crippen molar-refractivity contribution in [2.45, 2.75) is 11.4 Å². The van der Waals surface area contributed by atoms with Gasteiger partial charge in [0.05, 0.1) is 23.3 Å². The SMILES string of the molecule is O=C(NCc1cccnc1)c1ccc2c(c1)ncn2-c1cccc(OCCSc2ccccc2)c1. The van der Waals surface area contributed by atoms with Crippen molar-refractivity contribution in [3.63, 3.8) is 0 Å². The lowest BCUT2D eigenvalue weighted by molar-refractivity contribution is 0.0951. The van der Waals surface area contributed by atoms with Gasteiger partial charge in [0.25, 0.3) is 5.91 Å². The molecule has 3 aromatic carbocycles. The number of nitrogens with one attached hydrogen (secondary N) is 1. The third-order valence-corrected chi connectivity index (χ3v) is 6.42. The largest absolute Gasteiger partial charge is 0.493 e. The molecular weight excluding hydrogens is 456 g/mol. The number of ether oxygens (including phenoxy) is 1. The quantitative estimate of drug-likeness (QED) is 0.222. The minimum atomic E-state index is -0.144. The Labute approximate surface area is 208 Å². The fourth-order valence-electron chi connectivity index (χ4n) is 3.71. The third kappa shape index (κ3) is 5.70. The average molecular weight is 481 g/mol. The van der Waals surface area contributed by atoms with Gasteiger partial charge in [-0.05, 0) is 54.1 Å². The topological polar surface area (TPSA) is 69.0 Å². The Morgan fingerprint density at radius 1 is 0.971 bits per heavy atom. The molecule has 5 rings (SSSR count). The van der Waals surface area contributed by atoms with Gasteiger partial charge in [-0.15, -0.1) is 11.8 Å². The Hall–Kier alpha value is -4.10. The molecular formula is C28H24N4O2S. The van der Waals surface area contributed by atoms with E-state index in [-0.39, 0.29) is 5.91 Å². The van der Waals surface area contributed by atoms with Crippen molar-refractivity contribution in [1.82, 2.24) is 19.9 Å². The van der Waals surface area contributed by atoms with E-state index in [1.54, 1.807) is 30.5 Å². The number of carbonyl (C=O) groups excluding carboxylic acids is 1. The molecule has 0 aliphatic carbocycles. The highest BCUT2D eigenvalue weighted by Gasteiger charge is 2.11. The molecule has 0 unspecified atom stereocenters. The molecule has 1 amide bonds. The monoisotopic (exact) mass is 480 g/mol. The predicted octanol–water partition coefficient (Wildman–Crippen LogP) is 5.52. The molecule has 6 nitrogen and oxygen atoms in total. The van der Waals surface area contributed by atoms with Crippen LogP contribution in [0.2, 0.25) is 0 Å². The molecule has 0 bridgehead atoms. The van der Waals surface area contributed by atoms with Crippen molar-refractivity contribution in [3.8, 4) is 11.4 Å². The van der Waals surface area contributed by atoms with E-state index >= 15 is 0 Å². The number of thioether (sulfide) groups is 1. The lowest BCUT2D eigenvalue weighted by Crippen LogP contribution is -2.22. The minimum Gasteiger partial charge on any atom is -0.493 e. The second-order valence-electron chi connectivity index (χ2n) is 7.87. The number of aromatic nitrogens is 3. The molecule has 35 heavy (non-hydrogen) atoms. The van der Waals surface area contributed by atoms with E-state index < -0.39 is 0 Å². The highest BCUT2D eigenvalue weighted by atomic mass is 32.2. The summed E-state index contributed by atoms with van der Waals surface area (Å²) in [6, 6.07) is 27.6. The van der Waals surface area contributed by atoms with Crippen molar-refractivity contribution >= 4 is 28.7 Å². The maximum atomic E-state index is 12.6. The molecule has 0 atom stereocenters. The normalized spacial score (nSPS) is 10.9. The number of pyridine rings is 1. The van der Waals surface area contributed by atoms with E-state index in [2.05, 4.69) is 27.4 Å². The molecule has 1 N–H and O–H groups in total. The van der Waals surface area contributed by atoms with Crippen LogP contribution in [-0.2, 0) is 6.54 Å². The molecule has 7 heteroatoms. The van der Waals surface area contributed by atoms with Crippen LogP contribution in [0.25, 0.3) is 16.7 Å². The van der Waals surface area contributed by atoms with E-state index in [0.29, 0.717) is 18.7 Å². The van der Waals surface area contributed by atoms with E-state index in [4.69, 9.17) is 4.74 Å². The van der Waals surface area contributed by atoms with Gasteiger partial charge in [0.1, 0.15) is 12.1 Å². The first kappa shape index (κ1) is 22.7. The summed E-state index contributed by atoms with van der Waals surface area (Å²) >= 11 is 1.77. The third-order valence-electron chi connectivity index (χ3n) is 5.45. The molecule has 2 aromatic heterocycles. The van der Waals surface area contributed by atoms with E-state index in [1.165, 1.54) is 4.90 Å². The number of hydrogen-bond donors (Lipinski definition) is 1. The highest BCUT2D eigenvalue weighted by molar-refractivity contribution is 7.99. The van der Waals surface area contributed by atoms with Gasteiger partial charge >= 0.3 is 0 Å². The number of amides is 1. The van der Waals surface area contributed by atoms with Crippen LogP contribution in [0.15, 0.2) is 109 Å². The van der Waals surface area contributed by atoms with Gasteiger partial charge < -0.3 is 10.1 Å². The van der Waals surface area contributed by atoms with Crippen LogP contribution in [0.1, 0.15) is 15.9 Å². The molecule has 0 aliphatic rings. The van der Waals surface area contributed by atoms with Crippen molar-refractivity contribution < 1.29 is 9.53 Å². The van der Waals surface area contributed by atoms with Crippen LogP contribution in [0.3, 0.4) is 0 Å². The molecule has 0 saturated heterocycles. The second kappa shape index (κ2) is 10.9. The Morgan fingerprint density at radius 2 is 1.89 bits per heavy atom. The van der Waals surface area contributed by atoms with E-state index in [1.807, 2.05) is 77.4 Å². The Morgan fingerprint density at radius 3 is 2.74 bits per heavy atom. The zero-order valence-corrected chi connectivity index (χ0v) is 19.8. The molecule has 0 spiro atoms. The highest BCUT2D eigenvalue weighted by Crippen LogP contribution is 2.23. The summed E-state index contributed by atoms with van der Waals surface area (Å²) in [5.41, 5.74) is 4.15. The van der Waals surface area contributed by atoms with Gasteiger partial charge in [-0.25, -0.2) is 4.98 Å². The summed E-state index contributed by atoms with van der Waals surface area (Å²) in [6.45, 7) is 1.04. The van der Waals surface area contributed by atoms with Crippen LogP contribution >= 0.6 is 11.8 Å². The zero-order valence-electron chi connectivity index (χ0n) is 19.0. The van der Waals surface area contributed by atoms with Gasteiger partial charge in [-0.2, -0.15) is 0 Å². The molecule has 5 aromatic rings.